The van der Waals surface area contributed by atoms with Crippen molar-refractivity contribution < 1.29 is 24.1 Å². The number of ether oxygens (including phenoxy) is 1. The molecule has 0 atom stereocenters. The van der Waals surface area contributed by atoms with Gasteiger partial charge in [0, 0.05) is 30.1 Å². The van der Waals surface area contributed by atoms with Crippen LogP contribution in [0.4, 0.5) is 0 Å². The Morgan fingerprint density at radius 2 is 1.67 bits per heavy atom. The van der Waals surface area contributed by atoms with Gasteiger partial charge >= 0.3 is 11.9 Å². The predicted octanol–water partition coefficient (Wildman–Crippen LogP) is 5.66. The summed E-state index contributed by atoms with van der Waals surface area (Å²) in [6.07, 6.45) is 1.66. The standard InChI is InChI=1S/C25H25Cl2NO5/c1-17(29)32-33-25(30)11-12-28-16-18-7-8-20-15-21(10-9-19(20)14-18)31-13-3-4-22-23(26)5-2-6-24(22)27/h2,5-10,14-15,28H,3-4,11-13,16H2,1H3. The summed E-state index contributed by atoms with van der Waals surface area (Å²) in [5.41, 5.74) is 2.03. The van der Waals surface area contributed by atoms with Crippen molar-refractivity contribution in [2.24, 2.45) is 0 Å². The Labute approximate surface area is 202 Å². The van der Waals surface area contributed by atoms with Crippen LogP contribution in [0.15, 0.2) is 54.6 Å². The molecule has 0 bridgehead atoms. The van der Waals surface area contributed by atoms with Gasteiger partial charge in [0.1, 0.15) is 5.75 Å². The van der Waals surface area contributed by atoms with Crippen LogP contribution in [0.2, 0.25) is 10.0 Å². The summed E-state index contributed by atoms with van der Waals surface area (Å²) in [5.74, 6) is -0.452. The number of nitrogens with one attached hydrogen (secondary N) is 1. The van der Waals surface area contributed by atoms with E-state index in [2.05, 4.69) is 21.2 Å². The van der Waals surface area contributed by atoms with Crippen LogP contribution in [-0.2, 0) is 32.3 Å². The molecule has 3 aromatic carbocycles. The number of hydrogen-bond donors (Lipinski definition) is 1. The molecule has 0 unspecified atom stereocenters. The highest BCUT2D eigenvalue weighted by atomic mass is 35.5. The Balaban J connectivity index is 1.44. The van der Waals surface area contributed by atoms with Gasteiger partial charge in [-0.15, -0.1) is 0 Å². The molecule has 0 aliphatic rings. The predicted molar refractivity (Wildman–Crippen MR) is 128 cm³/mol. The van der Waals surface area contributed by atoms with Crippen LogP contribution in [0.25, 0.3) is 10.8 Å². The summed E-state index contributed by atoms with van der Waals surface area (Å²) in [7, 11) is 0. The van der Waals surface area contributed by atoms with Gasteiger partial charge in [0.05, 0.1) is 13.0 Å². The zero-order valence-corrected chi connectivity index (χ0v) is 19.7. The smallest absolute Gasteiger partial charge is 0.356 e. The molecule has 0 amide bonds. The fourth-order valence-electron chi connectivity index (χ4n) is 3.25. The number of carbonyl (C=O) groups is 2. The maximum atomic E-state index is 11.4. The minimum atomic E-state index is -0.664. The Kier molecular flexibility index (Phi) is 9.36. The monoisotopic (exact) mass is 489 g/mol. The highest BCUT2D eigenvalue weighted by Crippen LogP contribution is 2.26. The van der Waals surface area contributed by atoms with E-state index in [1.165, 1.54) is 6.92 Å². The molecule has 0 heterocycles. The molecule has 33 heavy (non-hydrogen) atoms. The molecule has 0 aliphatic carbocycles. The van der Waals surface area contributed by atoms with Crippen LogP contribution in [0.1, 0.15) is 30.9 Å². The topological polar surface area (TPSA) is 73.9 Å². The third kappa shape index (κ3) is 7.93. The summed E-state index contributed by atoms with van der Waals surface area (Å²) in [5, 5.41) is 6.70. The van der Waals surface area contributed by atoms with Crippen LogP contribution in [0, 0.1) is 0 Å². The summed E-state index contributed by atoms with van der Waals surface area (Å²) >= 11 is 12.4. The molecule has 3 aromatic rings. The van der Waals surface area contributed by atoms with Crippen molar-refractivity contribution in [2.45, 2.75) is 32.7 Å². The van der Waals surface area contributed by atoms with Gasteiger partial charge in [-0.05, 0) is 65.1 Å². The lowest BCUT2D eigenvalue weighted by molar-refractivity contribution is -0.257. The fourth-order valence-corrected chi connectivity index (χ4v) is 3.84. The fraction of sp³-hybridized carbons (Fsp3) is 0.280. The van der Waals surface area contributed by atoms with Gasteiger partial charge < -0.3 is 10.1 Å². The first-order valence-corrected chi connectivity index (χ1v) is 11.3. The van der Waals surface area contributed by atoms with Gasteiger partial charge in [-0.3, -0.25) is 0 Å². The van der Waals surface area contributed by atoms with Crippen molar-refractivity contribution in [3.8, 4) is 5.75 Å². The first-order valence-electron chi connectivity index (χ1n) is 10.6. The van der Waals surface area contributed by atoms with Crippen molar-refractivity contribution in [1.29, 1.82) is 0 Å². The summed E-state index contributed by atoms with van der Waals surface area (Å²) in [6.45, 7) is 2.73. The highest BCUT2D eigenvalue weighted by molar-refractivity contribution is 6.35. The molecule has 6 nitrogen and oxygen atoms in total. The second-order valence-corrected chi connectivity index (χ2v) is 8.27. The quantitative estimate of drug-likeness (QED) is 0.225. The molecule has 3 rings (SSSR count). The first-order chi connectivity index (χ1) is 15.9. The number of fused-ring (bicyclic) bond motifs is 1. The molecule has 0 aliphatic heterocycles. The van der Waals surface area contributed by atoms with Crippen LogP contribution >= 0.6 is 23.2 Å². The lowest BCUT2D eigenvalue weighted by Gasteiger charge is -2.10. The summed E-state index contributed by atoms with van der Waals surface area (Å²) in [6, 6.07) is 17.7. The van der Waals surface area contributed by atoms with E-state index in [1.807, 2.05) is 48.5 Å². The Morgan fingerprint density at radius 3 is 2.42 bits per heavy atom. The molecule has 0 saturated heterocycles. The summed E-state index contributed by atoms with van der Waals surface area (Å²) in [4.78, 5) is 30.5. The number of rotatable bonds is 10. The Morgan fingerprint density at radius 1 is 0.939 bits per heavy atom. The van der Waals surface area contributed by atoms with Gasteiger partial charge in [0.15, 0.2) is 0 Å². The molecule has 1 N–H and O–H groups in total. The summed E-state index contributed by atoms with van der Waals surface area (Å²) < 4.78 is 5.91. The molecule has 0 saturated carbocycles. The molecule has 0 fully saturated rings. The van der Waals surface area contributed by atoms with Gasteiger partial charge in [-0.2, -0.15) is 0 Å². The van der Waals surface area contributed by atoms with Crippen LogP contribution in [-0.4, -0.2) is 25.1 Å². The van der Waals surface area contributed by atoms with E-state index in [1.54, 1.807) is 0 Å². The Bertz CT molecular complexity index is 1100. The van der Waals surface area contributed by atoms with E-state index in [0.717, 1.165) is 40.5 Å². The largest absolute Gasteiger partial charge is 0.494 e. The SMILES string of the molecule is CC(=O)OOC(=O)CCNCc1ccc2cc(OCCCc3c(Cl)cccc3Cl)ccc2c1. The number of carbonyl (C=O) groups excluding carboxylic acids is 2. The number of hydrogen-bond acceptors (Lipinski definition) is 6. The molecule has 0 radical (unpaired) electrons. The average molecular weight is 490 g/mol. The molecule has 0 aromatic heterocycles. The van der Waals surface area contributed by atoms with E-state index in [4.69, 9.17) is 27.9 Å². The van der Waals surface area contributed by atoms with E-state index >= 15 is 0 Å². The van der Waals surface area contributed by atoms with Crippen molar-refractivity contribution >= 4 is 45.9 Å². The van der Waals surface area contributed by atoms with E-state index in [-0.39, 0.29) is 6.42 Å². The lowest BCUT2D eigenvalue weighted by Crippen LogP contribution is -2.19. The highest BCUT2D eigenvalue weighted by Gasteiger charge is 2.07. The van der Waals surface area contributed by atoms with Crippen molar-refractivity contribution in [1.82, 2.24) is 5.32 Å². The molecule has 174 valence electrons. The van der Waals surface area contributed by atoms with Crippen LogP contribution in [0.5, 0.6) is 5.75 Å². The van der Waals surface area contributed by atoms with Gasteiger partial charge in [0.25, 0.3) is 0 Å². The average Bonchev–Trinajstić information content (AvgIpc) is 2.79. The van der Waals surface area contributed by atoms with Crippen molar-refractivity contribution in [3.05, 3.63) is 75.8 Å². The minimum absolute atomic E-state index is 0.101. The van der Waals surface area contributed by atoms with Gasteiger partial charge in [-0.25, -0.2) is 19.4 Å². The maximum absolute atomic E-state index is 11.4. The molecular formula is C25H25Cl2NO5. The van der Waals surface area contributed by atoms with E-state index < -0.39 is 11.9 Å². The van der Waals surface area contributed by atoms with Crippen molar-refractivity contribution in [3.63, 3.8) is 0 Å². The normalized spacial score (nSPS) is 10.8. The molecule has 8 heteroatoms. The zero-order chi connectivity index (χ0) is 23.6. The van der Waals surface area contributed by atoms with Gasteiger partial charge in [-0.1, -0.05) is 47.5 Å². The molecular weight excluding hydrogens is 465 g/mol. The third-order valence-electron chi connectivity index (χ3n) is 4.86. The van der Waals surface area contributed by atoms with E-state index in [9.17, 15) is 9.59 Å². The van der Waals surface area contributed by atoms with Crippen molar-refractivity contribution in [2.75, 3.05) is 13.2 Å². The second-order valence-electron chi connectivity index (χ2n) is 7.45. The third-order valence-corrected chi connectivity index (χ3v) is 5.57. The zero-order valence-electron chi connectivity index (χ0n) is 18.2. The lowest BCUT2D eigenvalue weighted by atomic mass is 10.1. The Hall–Kier alpha value is -2.80. The number of benzene rings is 3. The van der Waals surface area contributed by atoms with Crippen LogP contribution in [0.3, 0.4) is 0 Å². The minimum Gasteiger partial charge on any atom is -0.494 e. The first kappa shape index (κ1) is 24.8. The van der Waals surface area contributed by atoms with Crippen LogP contribution < -0.4 is 10.1 Å². The second kappa shape index (κ2) is 12.4. The number of halogens is 2. The van der Waals surface area contributed by atoms with Gasteiger partial charge in [0.2, 0.25) is 0 Å². The maximum Gasteiger partial charge on any atom is 0.356 e. The molecule has 0 spiro atoms. The van der Waals surface area contributed by atoms with E-state index in [0.29, 0.717) is 29.7 Å².